The number of hydrogen-bond acceptors (Lipinski definition) is 4. The van der Waals surface area contributed by atoms with Crippen molar-refractivity contribution >= 4 is 46.5 Å². The minimum Gasteiger partial charge on any atom is -0.345 e. The molecule has 0 aliphatic carbocycles. The number of H-pyrrole nitrogens is 1. The molecule has 0 bridgehead atoms. The zero-order chi connectivity index (χ0) is 23.1. The van der Waals surface area contributed by atoms with Crippen LogP contribution in [0.4, 0.5) is 5.69 Å². The van der Waals surface area contributed by atoms with Gasteiger partial charge in [0, 0.05) is 25.0 Å². The lowest BCUT2D eigenvalue weighted by Crippen LogP contribution is -2.30. The fourth-order valence-corrected chi connectivity index (χ4v) is 3.96. The van der Waals surface area contributed by atoms with Crippen LogP contribution in [0, 0.1) is 0 Å². The summed E-state index contributed by atoms with van der Waals surface area (Å²) in [6.07, 6.45) is 3.62. The van der Waals surface area contributed by atoms with Crippen molar-refractivity contribution in [1.82, 2.24) is 15.1 Å². The van der Waals surface area contributed by atoms with Crippen LogP contribution in [0.25, 0.3) is 23.1 Å². The van der Waals surface area contributed by atoms with E-state index in [0.29, 0.717) is 27.9 Å². The third kappa shape index (κ3) is 3.40. The summed E-state index contributed by atoms with van der Waals surface area (Å²) >= 11 is 0. The number of carbonyl (C=O) groups is 3. The van der Waals surface area contributed by atoms with Crippen LogP contribution in [-0.4, -0.2) is 46.9 Å². The summed E-state index contributed by atoms with van der Waals surface area (Å²) in [6.45, 7) is 0. The molecule has 2 heterocycles. The van der Waals surface area contributed by atoms with Gasteiger partial charge in [0.1, 0.15) is 0 Å². The van der Waals surface area contributed by atoms with E-state index in [2.05, 4.69) is 10.2 Å². The summed E-state index contributed by atoms with van der Waals surface area (Å²) in [4.78, 5) is 41.5. The van der Waals surface area contributed by atoms with E-state index in [1.165, 1.54) is 4.90 Å². The molecule has 5 rings (SSSR count). The third-order valence-electron chi connectivity index (χ3n) is 5.64. The van der Waals surface area contributed by atoms with Gasteiger partial charge in [-0.15, -0.1) is 0 Å². The fourth-order valence-electron chi connectivity index (χ4n) is 3.96. The predicted octanol–water partition coefficient (Wildman–Crippen LogP) is 4.24. The minimum atomic E-state index is -0.412. The molecule has 1 N–H and O–H groups in total. The Morgan fingerprint density at radius 3 is 2.27 bits per heavy atom. The number of imide groups is 1. The topological polar surface area (TPSA) is 86.4 Å². The Morgan fingerprint density at radius 2 is 1.58 bits per heavy atom. The number of rotatable bonds is 4. The first-order valence-corrected chi connectivity index (χ1v) is 10.4. The lowest BCUT2D eigenvalue weighted by atomic mass is 10.1. The molecule has 0 fully saturated rings. The highest BCUT2D eigenvalue weighted by atomic mass is 16.2. The lowest BCUT2D eigenvalue weighted by Gasteiger charge is -2.19. The molecule has 4 aromatic rings. The number of benzene rings is 3. The Hall–Kier alpha value is -4.52. The van der Waals surface area contributed by atoms with E-state index in [1.807, 2.05) is 30.3 Å². The molecular formula is C26H20N4O3. The van der Waals surface area contributed by atoms with E-state index >= 15 is 0 Å². The van der Waals surface area contributed by atoms with Gasteiger partial charge in [-0.25, -0.2) is 4.90 Å². The van der Waals surface area contributed by atoms with Gasteiger partial charge in [-0.05, 0) is 42.0 Å². The van der Waals surface area contributed by atoms with Gasteiger partial charge >= 0.3 is 0 Å². The second-order valence-corrected chi connectivity index (χ2v) is 7.95. The number of fused-ring (bicyclic) bond motifs is 2. The maximum atomic E-state index is 13.2. The molecule has 3 aromatic carbocycles. The van der Waals surface area contributed by atoms with Gasteiger partial charge in [0.05, 0.1) is 28.0 Å². The largest absolute Gasteiger partial charge is 0.345 e. The van der Waals surface area contributed by atoms with Crippen LogP contribution in [0.3, 0.4) is 0 Å². The molecule has 0 spiro atoms. The molecule has 1 aliphatic heterocycles. The van der Waals surface area contributed by atoms with Crippen LogP contribution < -0.4 is 4.90 Å². The summed E-state index contributed by atoms with van der Waals surface area (Å²) in [5.74, 6) is -1.04. The van der Waals surface area contributed by atoms with E-state index in [-0.39, 0.29) is 5.91 Å². The van der Waals surface area contributed by atoms with Crippen molar-refractivity contribution in [1.29, 1.82) is 0 Å². The number of anilines is 1. The molecule has 0 saturated carbocycles. The van der Waals surface area contributed by atoms with E-state index in [0.717, 1.165) is 21.5 Å². The Morgan fingerprint density at radius 1 is 0.909 bits per heavy atom. The number of aromatic nitrogens is 2. The third-order valence-corrected chi connectivity index (χ3v) is 5.64. The number of para-hydroxylation sites is 1. The van der Waals surface area contributed by atoms with Crippen molar-refractivity contribution in [3.8, 4) is 0 Å². The van der Waals surface area contributed by atoms with Crippen LogP contribution in [0.2, 0.25) is 0 Å². The lowest BCUT2D eigenvalue weighted by molar-refractivity contribution is 0.0825. The van der Waals surface area contributed by atoms with Gasteiger partial charge in [-0.3, -0.25) is 19.5 Å². The smallest absolute Gasteiger partial charge is 0.266 e. The van der Waals surface area contributed by atoms with Gasteiger partial charge in [-0.2, -0.15) is 5.10 Å². The average molecular weight is 436 g/mol. The van der Waals surface area contributed by atoms with Gasteiger partial charge < -0.3 is 4.90 Å². The molecule has 0 radical (unpaired) electrons. The molecule has 0 unspecified atom stereocenters. The Balaban J connectivity index is 1.62. The zero-order valence-electron chi connectivity index (χ0n) is 18.1. The Kier molecular flexibility index (Phi) is 4.86. The molecular weight excluding hydrogens is 416 g/mol. The van der Waals surface area contributed by atoms with Gasteiger partial charge in [0.2, 0.25) is 0 Å². The van der Waals surface area contributed by atoms with E-state index < -0.39 is 11.8 Å². The minimum absolute atomic E-state index is 0.221. The second-order valence-electron chi connectivity index (χ2n) is 7.95. The van der Waals surface area contributed by atoms with Gasteiger partial charge in [0.15, 0.2) is 0 Å². The number of amides is 3. The maximum absolute atomic E-state index is 13.2. The van der Waals surface area contributed by atoms with E-state index in [9.17, 15) is 14.4 Å². The predicted molar refractivity (Wildman–Crippen MR) is 127 cm³/mol. The van der Waals surface area contributed by atoms with Crippen LogP contribution in [0.1, 0.15) is 42.3 Å². The van der Waals surface area contributed by atoms with Gasteiger partial charge in [-0.1, -0.05) is 42.5 Å². The summed E-state index contributed by atoms with van der Waals surface area (Å²) in [5, 5.41) is 8.29. The normalized spacial score (nSPS) is 13.2. The molecule has 7 nitrogen and oxygen atoms in total. The fraction of sp³-hybridized carbons (Fsp3) is 0.0769. The first-order chi connectivity index (χ1) is 16.0. The molecule has 0 atom stereocenters. The molecule has 162 valence electrons. The monoisotopic (exact) mass is 436 g/mol. The Labute approximate surface area is 189 Å². The quantitative estimate of drug-likeness (QED) is 0.485. The highest BCUT2D eigenvalue weighted by Gasteiger charge is 2.37. The second kappa shape index (κ2) is 7.87. The summed E-state index contributed by atoms with van der Waals surface area (Å²) in [7, 11) is 3.31. The standard InChI is InChI=1S/C26H20N4O3/c1-29(2)24(31)17-12-11-16(13-14-22-20-9-5-6-10-21(20)27-28-22)23(15-17)30-25(32)18-7-3-4-8-19(18)26(30)33/h3-15H,1-2H3,(H,27,28)/b14-13+. The van der Waals surface area contributed by atoms with Crippen LogP contribution in [0.15, 0.2) is 66.7 Å². The summed E-state index contributed by atoms with van der Waals surface area (Å²) in [5.41, 5.74) is 3.68. The number of carbonyl (C=O) groups excluding carboxylic acids is 3. The van der Waals surface area contributed by atoms with Crippen molar-refractivity contribution in [2.24, 2.45) is 0 Å². The van der Waals surface area contributed by atoms with E-state index in [1.54, 1.807) is 62.6 Å². The molecule has 1 aromatic heterocycles. The molecule has 7 heteroatoms. The number of aromatic amines is 1. The van der Waals surface area contributed by atoms with Gasteiger partial charge in [0.25, 0.3) is 17.7 Å². The van der Waals surface area contributed by atoms with Crippen LogP contribution in [0.5, 0.6) is 0 Å². The summed E-state index contributed by atoms with van der Waals surface area (Å²) in [6, 6.07) is 19.5. The van der Waals surface area contributed by atoms with Crippen molar-refractivity contribution < 1.29 is 14.4 Å². The van der Waals surface area contributed by atoms with Crippen LogP contribution >= 0.6 is 0 Å². The van der Waals surface area contributed by atoms with Crippen molar-refractivity contribution in [3.63, 3.8) is 0 Å². The van der Waals surface area contributed by atoms with Crippen LogP contribution in [-0.2, 0) is 0 Å². The molecule has 33 heavy (non-hydrogen) atoms. The van der Waals surface area contributed by atoms with Crippen molar-refractivity contribution in [2.75, 3.05) is 19.0 Å². The van der Waals surface area contributed by atoms with Crippen molar-refractivity contribution in [2.45, 2.75) is 0 Å². The van der Waals surface area contributed by atoms with Crippen molar-refractivity contribution in [3.05, 3.63) is 94.7 Å². The average Bonchev–Trinajstić information content (AvgIpc) is 3.36. The first kappa shape index (κ1) is 20.4. The number of nitrogens with zero attached hydrogens (tertiary/aromatic N) is 3. The highest BCUT2D eigenvalue weighted by Crippen LogP contribution is 2.33. The summed E-state index contributed by atoms with van der Waals surface area (Å²) < 4.78 is 0. The first-order valence-electron chi connectivity index (χ1n) is 10.4. The van der Waals surface area contributed by atoms with E-state index in [4.69, 9.17) is 0 Å². The molecule has 1 aliphatic rings. The maximum Gasteiger partial charge on any atom is 0.266 e. The SMILES string of the molecule is CN(C)C(=O)c1ccc(/C=C/c2n[nH]c3ccccc23)c(N2C(=O)c3ccccc3C2=O)c1. The highest BCUT2D eigenvalue weighted by molar-refractivity contribution is 6.35. The number of nitrogens with one attached hydrogen (secondary N) is 1. The Bertz CT molecular complexity index is 1430. The molecule has 3 amide bonds. The zero-order valence-corrected chi connectivity index (χ0v) is 18.1. The number of hydrogen-bond donors (Lipinski definition) is 1. The molecule has 0 saturated heterocycles.